The summed E-state index contributed by atoms with van der Waals surface area (Å²) in [5.41, 5.74) is 0.477. The third kappa shape index (κ3) is 4.57. The van der Waals surface area contributed by atoms with Gasteiger partial charge in [0.1, 0.15) is 5.69 Å². The highest BCUT2D eigenvalue weighted by Crippen LogP contribution is 2.17. The number of hydrogen-bond acceptors (Lipinski definition) is 3. The Hall–Kier alpha value is -0.690. The molecule has 0 radical (unpaired) electrons. The average Bonchev–Trinajstić information content (AvgIpc) is 2.14. The number of aromatic nitrogens is 1. The summed E-state index contributed by atoms with van der Waals surface area (Å²) >= 11 is 12.7. The Balaban J connectivity index is 2.67. The zero-order valence-corrected chi connectivity index (χ0v) is 10.2. The second kappa shape index (κ2) is 6.02. The number of carbonyl (C=O) groups excluding carboxylic acids is 1. The topological polar surface area (TPSA) is 30.0 Å². The summed E-state index contributed by atoms with van der Waals surface area (Å²) in [5, 5.41) is 0.936. The Bertz CT molecular complexity index is 437. The highest BCUT2D eigenvalue weighted by molar-refractivity contribution is 8.13. The minimum absolute atomic E-state index is 0.0412. The van der Waals surface area contributed by atoms with Gasteiger partial charge in [0.05, 0.1) is 15.8 Å². The number of hydrogen-bond donors (Lipinski definition) is 0. The van der Waals surface area contributed by atoms with E-state index in [0.29, 0.717) is 21.5 Å². The summed E-state index contributed by atoms with van der Waals surface area (Å²) in [6.07, 6.45) is 1.48. The highest BCUT2D eigenvalue weighted by atomic mass is 35.5. The van der Waals surface area contributed by atoms with E-state index in [1.165, 1.54) is 13.1 Å². The van der Waals surface area contributed by atoms with E-state index in [-0.39, 0.29) is 5.12 Å². The number of halogens is 2. The van der Waals surface area contributed by atoms with Crippen molar-refractivity contribution in [3.8, 4) is 11.8 Å². The van der Waals surface area contributed by atoms with Gasteiger partial charge in [0.2, 0.25) is 0 Å². The van der Waals surface area contributed by atoms with E-state index in [2.05, 4.69) is 16.8 Å². The van der Waals surface area contributed by atoms with Crippen molar-refractivity contribution in [2.24, 2.45) is 0 Å². The van der Waals surface area contributed by atoms with Crippen LogP contribution in [-0.2, 0) is 4.79 Å². The van der Waals surface area contributed by atoms with Gasteiger partial charge in [-0.3, -0.25) is 4.79 Å². The number of pyridine rings is 1. The molecule has 0 bridgehead atoms. The van der Waals surface area contributed by atoms with Crippen molar-refractivity contribution in [1.29, 1.82) is 0 Å². The van der Waals surface area contributed by atoms with Crippen LogP contribution >= 0.6 is 35.0 Å². The molecule has 1 rings (SSSR count). The maximum absolute atomic E-state index is 10.6. The Morgan fingerprint density at radius 2 is 2.33 bits per heavy atom. The fourth-order valence-electron chi connectivity index (χ4n) is 0.764. The number of nitrogens with zero attached hydrogens (tertiary/aromatic N) is 1. The smallest absolute Gasteiger partial charge is 0.186 e. The van der Waals surface area contributed by atoms with Crippen molar-refractivity contribution in [3.05, 3.63) is 28.0 Å². The van der Waals surface area contributed by atoms with Crippen LogP contribution in [0.3, 0.4) is 0 Å². The molecule has 0 N–H and O–H groups in total. The maximum Gasteiger partial charge on any atom is 0.186 e. The van der Waals surface area contributed by atoms with Gasteiger partial charge in [-0.15, -0.1) is 0 Å². The molecule has 0 amide bonds. The number of carbonyl (C=O) groups is 1. The molecule has 0 saturated carbocycles. The summed E-state index contributed by atoms with van der Waals surface area (Å²) in [5.74, 6) is 6.01. The van der Waals surface area contributed by atoms with E-state index < -0.39 is 0 Å². The molecular formula is C10H7Cl2NOS. The minimum Gasteiger partial charge on any atom is -0.288 e. The van der Waals surface area contributed by atoms with Gasteiger partial charge in [-0.1, -0.05) is 40.9 Å². The molecular weight excluding hydrogens is 253 g/mol. The quantitative estimate of drug-likeness (QED) is 0.727. The van der Waals surface area contributed by atoms with Crippen molar-refractivity contribution >= 4 is 40.1 Å². The van der Waals surface area contributed by atoms with Crippen molar-refractivity contribution in [3.63, 3.8) is 0 Å². The third-order valence-corrected chi connectivity index (χ3v) is 2.55. The molecule has 1 aromatic rings. The van der Waals surface area contributed by atoms with Crippen LogP contribution in [0.25, 0.3) is 0 Å². The Morgan fingerprint density at radius 3 is 2.93 bits per heavy atom. The third-order valence-electron chi connectivity index (χ3n) is 1.36. The van der Waals surface area contributed by atoms with Crippen molar-refractivity contribution in [1.82, 2.24) is 4.98 Å². The van der Waals surface area contributed by atoms with Crippen LogP contribution in [0, 0.1) is 11.8 Å². The molecule has 0 aliphatic carbocycles. The van der Waals surface area contributed by atoms with Crippen LogP contribution in [0.5, 0.6) is 0 Å². The first-order valence-corrected chi connectivity index (χ1v) is 5.77. The molecule has 15 heavy (non-hydrogen) atoms. The SMILES string of the molecule is CC(=O)SCC#Cc1ncc(Cl)cc1Cl. The first-order chi connectivity index (χ1) is 7.09. The molecule has 0 atom stereocenters. The predicted molar refractivity (Wildman–Crippen MR) is 64.3 cm³/mol. The van der Waals surface area contributed by atoms with Gasteiger partial charge >= 0.3 is 0 Å². The van der Waals surface area contributed by atoms with Gasteiger partial charge in [0.15, 0.2) is 5.12 Å². The van der Waals surface area contributed by atoms with Crippen LogP contribution in [0.4, 0.5) is 0 Å². The molecule has 1 aromatic heterocycles. The fraction of sp³-hybridized carbons (Fsp3) is 0.200. The molecule has 0 spiro atoms. The van der Waals surface area contributed by atoms with Crippen LogP contribution in [0.1, 0.15) is 12.6 Å². The van der Waals surface area contributed by atoms with E-state index in [1.54, 1.807) is 6.07 Å². The molecule has 0 fully saturated rings. The maximum atomic E-state index is 10.6. The van der Waals surface area contributed by atoms with Crippen LogP contribution in [0.15, 0.2) is 12.3 Å². The number of thioether (sulfide) groups is 1. The number of rotatable bonds is 1. The second-order valence-electron chi connectivity index (χ2n) is 2.57. The largest absolute Gasteiger partial charge is 0.288 e. The molecule has 78 valence electrons. The molecule has 0 aliphatic heterocycles. The zero-order valence-electron chi connectivity index (χ0n) is 7.88. The van der Waals surface area contributed by atoms with Gasteiger partial charge in [0.25, 0.3) is 0 Å². The van der Waals surface area contributed by atoms with E-state index in [4.69, 9.17) is 23.2 Å². The lowest BCUT2D eigenvalue weighted by atomic mass is 10.3. The summed E-state index contributed by atoms with van der Waals surface area (Å²) in [4.78, 5) is 14.6. The van der Waals surface area contributed by atoms with Gasteiger partial charge < -0.3 is 0 Å². The molecule has 1 heterocycles. The zero-order chi connectivity index (χ0) is 11.3. The second-order valence-corrected chi connectivity index (χ2v) is 4.56. The minimum atomic E-state index is 0.0412. The average molecular weight is 260 g/mol. The molecule has 0 saturated heterocycles. The highest BCUT2D eigenvalue weighted by Gasteiger charge is 1.98. The summed E-state index contributed by atoms with van der Waals surface area (Å²) in [6.45, 7) is 1.50. The summed E-state index contributed by atoms with van der Waals surface area (Å²) in [6, 6.07) is 1.58. The molecule has 0 unspecified atom stereocenters. The molecule has 0 aliphatic rings. The van der Waals surface area contributed by atoms with Crippen LogP contribution in [0.2, 0.25) is 10.0 Å². The Labute approximate surface area is 102 Å². The van der Waals surface area contributed by atoms with E-state index in [1.807, 2.05) is 0 Å². The first-order valence-electron chi connectivity index (χ1n) is 4.03. The van der Waals surface area contributed by atoms with E-state index in [0.717, 1.165) is 11.8 Å². The van der Waals surface area contributed by atoms with E-state index >= 15 is 0 Å². The predicted octanol–water partition coefficient (Wildman–Crippen LogP) is 3.02. The van der Waals surface area contributed by atoms with E-state index in [9.17, 15) is 4.79 Å². The fourth-order valence-corrected chi connectivity index (χ4v) is 1.54. The normalized spacial score (nSPS) is 9.27. The van der Waals surface area contributed by atoms with Gasteiger partial charge in [-0.05, 0) is 12.0 Å². The van der Waals surface area contributed by atoms with Crippen molar-refractivity contribution < 1.29 is 4.79 Å². The molecule has 5 heteroatoms. The monoisotopic (exact) mass is 259 g/mol. The standard InChI is InChI=1S/C10H7Cl2NOS/c1-7(14)15-4-2-3-10-9(12)5-8(11)6-13-10/h5-6H,4H2,1H3. The summed E-state index contributed by atoms with van der Waals surface area (Å²) < 4.78 is 0. The summed E-state index contributed by atoms with van der Waals surface area (Å²) in [7, 11) is 0. The Morgan fingerprint density at radius 1 is 1.60 bits per heavy atom. The lowest BCUT2D eigenvalue weighted by Gasteiger charge is -1.94. The lowest BCUT2D eigenvalue weighted by Crippen LogP contribution is -1.85. The van der Waals surface area contributed by atoms with Gasteiger partial charge in [-0.2, -0.15) is 0 Å². The molecule has 0 aromatic carbocycles. The van der Waals surface area contributed by atoms with Crippen LogP contribution < -0.4 is 0 Å². The van der Waals surface area contributed by atoms with Crippen molar-refractivity contribution in [2.75, 3.05) is 5.75 Å². The first kappa shape index (κ1) is 12.4. The lowest BCUT2D eigenvalue weighted by molar-refractivity contribution is -0.109. The molecule has 2 nitrogen and oxygen atoms in total. The van der Waals surface area contributed by atoms with Crippen LogP contribution in [-0.4, -0.2) is 15.9 Å². The van der Waals surface area contributed by atoms with Gasteiger partial charge in [0, 0.05) is 13.1 Å². The van der Waals surface area contributed by atoms with Crippen molar-refractivity contribution in [2.45, 2.75) is 6.92 Å². The Kier molecular flexibility index (Phi) is 4.97. The van der Waals surface area contributed by atoms with Gasteiger partial charge in [-0.25, -0.2) is 4.98 Å².